The zero-order valence-corrected chi connectivity index (χ0v) is 42.0. The second-order valence-corrected chi connectivity index (χ2v) is 19.1. The third kappa shape index (κ3) is 23.6. The number of carboxylic acids is 4. The zero-order valence-electron chi connectivity index (χ0n) is 42.0. The predicted octanol–water partition coefficient (Wildman–Crippen LogP) is -2.13. The van der Waals surface area contributed by atoms with Crippen LogP contribution in [-0.2, 0) is 64.0 Å². The van der Waals surface area contributed by atoms with Crippen LogP contribution in [0.3, 0.4) is 0 Å². The molecule has 1 aromatic heterocycles. The molecule has 72 heavy (non-hydrogen) atoms. The second-order valence-electron chi connectivity index (χ2n) is 19.1. The van der Waals surface area contributed by atoms with Crippen LogP contribution in [0.5, 0.6) is 0 Å². The number of nitrogens with zero attached hydrogens (tertiary/aromatic N) is 1. The molecule has 27 heteroatoms. The lowest BCUT2D eigenvalue weighted by atomic mass is 9.99. The van der Waals surface area contributed by atoms with E-state index in [1.165, 1.54) is 12.5 Å². The highest BCUT2D eigenvalue weighted by Crippen LogP contribution is 2.13. The standard InChI is InChI=1S/C45H73N11O16/c1-20(2)12-27(38(64)50-26(10-11-33(57)58)37(63)49-24(9)45(71)72)51-39(65)28(13-21(3)4)52-42(68)31(16-34(59)60)55-43(69)32(17-35(61)62)54-41(67)30(15-25-18-47-19-48-25)53-40(66)29(14-22(5)6)56-44(70)36(46)23(7)8/h18-24,26-32,36H,10-17,46H2,1-9H3,(H,47,48)(H,49,63)(H,50,64)(H,51,65)(H,52,68)(H,53,66)(H,54,67)(H,55,69)(H,56,70)(H,57,58)(H,59,60)(H,61,62)(H,71,72)/t24-,26-,27-,28-,29-,30-,31-,32-,36-/m0/s1. The number of amides is 8. The molecule has 9 atom stereocenters. The van der Waals surface area contributed by atoms with Gasteiger partial charge < -0.3 is 73.7 Å². The molecule has 0 saturated heterocycles. The lowest BCUT2D eigenvalue weighted by Crippen LogP contribution is -2.61. The Morgan fingerprint density at radius 1 is 0.486 bits per heavy atom. The first-order valence-corrected chi connectivity index (χ1v) is 23.5. The van der Waals surface area contributed by atoms with E-state index in [9.17, 15) is 78.0 Å². The molecule has 15 N–H and O–H groups in total. The third-order valence-corrected chi connectivity index (χ3v) is 10.7. The van der Waals surface area contributed by atoms with Gasteiger partial charge in [0.1, 0.15) is 48.3 Å². The van der Waals surface area contributed by atoms with Crippen molar-refractivity contribution < 1.29 is 78.0 Å². The van der Waals surface area contributed by atoms with Gasteiger partial charge in [0.05, 0.1) is 25.2 Å². The molecule has 0 aliphatic rings. The number of carboxylic acid groups (broad SMARTS) is 4. The fourth-order valence-electron chi connectivity index (χ4n) is 6.82. The topological polar surface area (TPSA) is 437 Å². The molecule has 0 fully saturated rings. The number of H-pyrrole nitrogens is 1. The van der Waals surface area contributed by atoms with E-state index in [0.717, 1.165) is 6.92 Å². The summed E-state index contributed by atoms with van der Waals surface area (Å²) < 4.78 is 0. The molecule has 27 nitrogen and oxygen atoms in total. The molecule has 0 bridgehead atoms. The number of carbonyl (C=O) groups excluding carboxylic acids is 8. The van der Waals surface area contributed by atoms with E-state index in [0.29, 0.717) is 5.69 Å². The first-order chi connectivity index (χ1) is 33.4. The largest absolute Gasteiger partial charge is 0.481 e. The van der Waals surface area contributed by atoms with Gasteiger partial charge in [-0.3, -0.25) is 57.5 Å². The van der Waals surface area contributed by atoms with Gasteiger partial charge in [0.25, 0.3) is 0 Å². The van der Waals surface area contributed by atoms with E-state index in [4.69, 9.17) is 5.73 Å². The first kappa shape index (κ1) is 62.8. The van der Waals surface area contributed by atoms with Crippen LogP contribution in [0.15, 0.2) is 12.5 Å². The molecule has 1 aromatic rings. The van der Waals surface area contributed by atoms with Gasteiger partial charge in [-0.05, 0) is 56.3 Å². The van der Waals surface area contributed by atoms with Crippen LogP contribution in [0.4, 0.5) is 0 Å². The van der Waals surface area contributed by atoms with Crippen molar-refractivity contribution in [2.24, 2.45) is 29.4 Å². The van der Waals surface area contributed by atoms with Crippen molar-refractivity contribution in [2.75, 3.05) is 0 Å². The smallest absolute Gasteiger partial charge is 0.325 e. The quantitative estimate of drug-likeness (QED) is 0.0358. The molecule has 1 heterocycles. The molecule has 8 amide bonds. The summed E-state index contributed by atoms with van der Waals surface area (Å²) in [6, 6.07) is -13.7. The maximum atomic E-state index is 14.0. The van der Waals surface area contributed by atoms with Crippen LogP contribution < -0.4 is 48.3 Å². The van der Waals surface area contributed by atoms with E-state index in [-0.39, 0.29) is 49.4 Å². The van der Waals surface area contributed by atoms with Crippen molar-refractivity contribution in [2.45, 2.75) is 168 Å². The van der Waals surface area contributed by atoms with Gasteiger partial charge in [0.2, 0.25) is 47.3 Å². The minimum atomic E-state index is -2.01. The molecule has 0 radical (unpaired) electrons. The Labute approximate surface area is 416 Å². The maximum Gasteiger partial charge on any atom is 0.325 e. The normalized spacial score (nSPS) is 15.0. The molecule has 1 rings (SSSR count). The number of hydrogen-bond acceptors (Lipinski definition) is 14. The number of imidazole rings is 1. The zero-order chi connectivity index (χ0) is 55.2. The predicted molar refractivity (Wildman–Crippen MR) is 254 cm³/mol. The van der Waals surface area contributed by atoms with Crippen LogP contribution in [0.25, 0.3) is 0 Å². The number of aromatic nitrogens is 2. The van der Waals surface area contributed by atoms with Crippen molar-refractivity contribution in [3.63, 3.8) is 0 Å². The van der Waals surface area contributed by atoms with E-state index < -0.39 is 151 Å². The Morgan fingerprint density at radius 3 is 1.18 bits per heavy atom. The summed E-state index contributed by atoms with van der Waals surface area (Å²) in [5.74, 6) is -15.2. The monoisotopic (exact) mass is 1020 g/mol. The fraction of sp³-hybridized carbons (Fsp3) is 0.667. The lowest BCUT2D eigenvalue weighted by molar-refractivity contribution is -0.143. The van der Waals surface area contributed by atoms with Crippen LogP contribution >= 0.6 is 0 Å². The number of rotatable bonds is 33. The Bertz CT molecular complexity index is 2060. The van der Waals surface area contributed by atoms with E-state index in [1.54, 1.807) is 55.4 Å². The van der Waals surface area contributed by atoms with Crippen molar-refractivity contribution in [1.29, 1.82) is 0 Å². The molecule has 0 aliphatic heterocycles. The fourth-order valence-corrected chi connectivity index (χ4v) is 6.82. The van der Waals surface area contributed by atoms with Crippen LogP contribution in [0, 0.1) is 23.7 Å². The molecule has 0 aromatic carbocycles. The highest BCUT2D eigenvalue weighted by atomic mass is 16.4. The van der Waals surface area contributed by atoms with Gasteiger partial charge in [-0.1, -0.05) is 55.4 Å². The van der Waals surface area contributed by atoms with Crippen molar-refractivity contribution in [3.8, 4) is 0 Å². The highest BCUT2D eigenvalue weighted by Gasteiger charge is 2.37. The summed E-state index contributed by atoms with van der Waals surface area (Å²) in [5.41, 5.74) is 6.31. The Balaban J connectivity index is 3.51. The molecule has 0 saturated carbocycles. The third-order valence-electron chi connectivity index (χ3n) is 10.7. The van der Waals surface area contributed by atoms with Gasteiger partial charge in [0, 0.05) is 24.7 Å². The van der Waals surface area contributed by atoms with Crippen molar-refractivity contribution >= 4 is 71.1 Å². The number of nitrogens with one attached hydrogen (secondary N) is 9. The Hall–Kier alpha value is -7.19. The number of hydrogen-bond donors (Lipinski definition) is 14. The molecular formula is C45H73N11O16. The summed E-state index contributed by atoms with van der Waals surface area (Å²) in [6.07, 6.45) is -1.07. The van der Waals surface area contributed by atoms with Crippen LogP contribution in [0.1, 0.15) is 113 Å². The van der Waals surface area contributed by atoms with Crippen LogP contribution in [-0.4, -0.2) is 156 Å². The summed E-state index contributed by atoms with van der Waals surface area (Å²) in [5, 5.41) is 57.0. The number of aliphatic carboxylic acids is 4. The van der Waals surface area contributed by atoms with Crippen molar-refractivity contribution in [3.05, 3.63) is 18.2 Å². The first-order valence-electron chi connectivity index (χ1n) is 23.5. The van der Waals surface area contributed by atoms with E-state index in [2.05, 4.69) is 52.5 Å². The molecule has 0 spiro atoms. The molecular weight excluding hydrogens is 951 g/mol. The van der Waals surface area contributed by atoms with Gasteiger partial charge >= 0.3 is 23.9 Å². The van der Waals surface area contributed by atoms with Crippen LogP contribution in [0.2, 0.25) is 0 Å². The van der Waals surface area contributed by atoms with Gasteiger partial charge in [-0.2, -0.15) is 0 Å². The van der Waals surface area contributed by atoms with Gasteiger partial charge in [0.15, 0.2) is 0 Å². The Morgan fingerprint density at radius 2 is 0.833 bits per heavy atom. The number of nitrogens with two attached hydrogens (primary N) is 1. The highest BCUT2D eigenvalue weighted by molar-refractivity contribution is 5.99. The van der Waals surface area contributed by atoms with Gasteiger partial charge in [-0.15, -0.1) is 0 Å². The minimum Gasteiger partial charge on any atom is -0.481 e. The molecule has 0 aliphatic carbocycles. The summed E-state index contributed by atoms with van der Waals surface area (Å²) in [4.78, 5) is 162. The van der Waals surface area contributed by atoms with E-state index >= 15 is 0 Å². The Kier molecular flexibility index (Phi) is 26.6. The lowest BCUT2D eigenvalue weighted by Gasteiger charge is -2.28. The average molecular weight is 1020 g/mol. The summed E-state index contributed by atoms with van der Waals surface area (Å²) in [6.45, 7) is 14.8. The van der Waals surface area contributed by atoms with Crippen molar-refractivity contribution in [1.82, 2.24) is 52.5 Å². The number of aromatic amines is 1. The van der Waals surface area contributed by atoms with E-state index in [1.807, 2.05) is 0 Å². The summed E-state index contributed by atoms with van der Waals surface area (Å²) >= 11 is 0. The second kappa shape index (κ2) is 30.5. The average Bonchev–Trinajstić information content (AvgIpc) is 3.78. The minimum absolute atomic E-state index is 0.0678. The van der Waals surface area contributed by atoms with Gasteiger partial charge in [-0.25, -0.2) is 4.98 Å². The molecule has 0 unspecified atom stereocenters. The SMILES string of the molecule is CC(C)C[C@H](NC(=O)[C@H](CC(C)C)NC(=O)[C@H](CC(=O)O)NC(=O)[C@H](CC(=O)O)NC(=O)[C@H](Cc1cnc[nH]1)NC(=O)[C@H](CC(C)C)NC(=O)[C@@H](N)C(C)C)C(=O)N[C@@H](CCC(=O)O)C(=O)N[C@@H](C)C(=O)O. The number of carbonyl (C=O) groups is 12. The summed E-state index contributed by atoms with van der Waals surface area (Å²) in [7, 11) is 0. The molecule has 404 valence electrons. The maximum absolute atomic E-state index is 14.0.